The van der Waals surface area contributed by atoms with E-state index in [9.17, 15) is 4.79 Å². The van der Waals surface area contributed by atoms with Gasteiger partial charge in [-0.2, -0.15) is 0 Å². The maximum absolute atomic E-state index is 12.6. The van der Waals surface area contributed by atoms with Crippen LogP contribution in [0.25, 0.3) is 0 Å². The highest BCUT2D eigenvalue weighted by molar-refractivity contribution is 6.30. The van der Waals surface area contributed by atoms with Crippen molar-refractivity contribution in [1.29, 1.82) is 0 Å². The van der Waals surface area contributed by atoms with Crippen LogP contribution in [0.5, 0.6) is 0 Å². The average molecular weight is 322 g/mol. The lowest BCUT2D eigenvalue weighted by molar-refractivity contribution is -0.157. The highest BCUT2D eigenvalue weighted by atomic mass is 35.5. The Bertz CT molecular complexity index is 576. The third-order valence-corrected chi connectivity index (χ3v) is 4.74. The Labute approximate surface area is 135 Å². The van der Waals surface area contributed by atoms with Gasteiger partial charge in [-0.15, -0.1) is 0 Å². The molecule has 1 aliphatic carbocycles. The Morgan fingerprint density at radius 1 is 1.32 bits per heavy atom. The van der Waals surface area contributed by atoms with Crippen LogP contribution in [0.1, 0.15) is 44.6 Å². The predicted molar refractivity (Wildman–Crippen MR) is 85.0 cm³/mol. The zero-order chi connectivity index (χ0) is 15.6. The van der Waals surface area contributed by atoms with Gasteiger partial charge in [0.25, 0.3) is 0 Å². The summed E-state index contributed by atoms with van der Waals surface area (Å²) in [5.41, 5.74) is 1.00. The van der Waals surface area contributed by atoms with E-state index in [2.05, 4.69) is 5.16 Å². The van der Waals surface area contributed by atoms with Gasteiger partial charge in [-0.3, -0.25) is 4.79 Å². The van der Waals surface area contributed by atoms with Gasteiger partial charge >= 0.3 is 5.97 Å². The standard InChI is InChI=1S/C17H20ClNO3/c1-2-21-16(20)14-15(12-6-8-13(18)9-7-12)19-22-17(14)10-4-3-5-11-17/h6-9,14H,2-5,10-11H2,1H3. The number of carbonyl (C=O) groups is 1. The zero-order valence-electron chi connectivity index (χ0n) is 12.7. The molecule has 4 nitrogen and oxygen atoms in total. The van der Waals surface area contributed by atoms with E-state index in [4.69, 9.17) is 21.2 Å². The minimum absolute atomic E-state index is 0.240. The lowest BCUT2D eigenvalue weighted by Crippen LogP contribution is -2.46. The van der Waals surface area contributed by atoms with Gasteiger partial charge in [-0.1, -0.05) is 35.3 Å². The summed E-state index contributed by atoms with van der Waals surface area (Å²) in [6.45, 7) is 2.18. The molecule has 0 aromatic heterocycles. The van der Waals surface area contributed by atoms with E-state index in [1.807, 2.05) is 19.1 Å². The van der Waals surface area contributed by atoms with E-state index in [1.54, 1.807) is 12.1 Å². The Morgan fingerprint density at radius 3 is 2.64 bits per heavy atom. The lowest BCUT2D eigenvalue weighted by atomic mass is 9.73. The Balaban J connectivity index is 1.94. The molecule has 1 saturated carbocycles. The van der Waals surface area contributed by atoms with Crippen molar-refractivity contribution in [2.45, 2.75) is 44.6 Å². The molecule has 1 aromatic carbocycles. The normalized spacial score (nSPS) is 23.0. The Morgan fingerprint density at radius 2 is 2.00 bits per heavy atom. The number of esters is 1. The fraction of sp³-hybridized carbons (Fsp3) is 0.529. The number of oxime groups is 1. The molecule has 0 saturated heterocycles. The number of carbonyl (C=O) groups excluding carboxylic acids is 1. The van der Waals surface area contributed by atoms with Gasteiger partial charge in [0.05, 0.1) is 6.61 Å². The summed E-state index contributed by atoms with van der Waals surface area (Å²) in [6.07, 6.45) is 4.98. The number of benzene rings is 1. The summed E-state index contributed by atoms with van der Waals surface area (Å²) in [4.78, 5) is 18.4. The molecule has 1 aliphatic heterocycles. The van der Waals surface area contributed by atoms with Gasteiger partial charge in [-0.05, 0) is 44.7 Å². The smallest absolute Gasteiger partial charge is 0.319 e. The second kappa shape index (κ2) is 6.29. The molecular weight excluding hydrogens is 302 g/mol. The summed E-state index contributed by atoms with van der Waals surface area (Å²) >= 11 is 5.95. The van der Waals surface area contributed by atoms with Crippen molar-refractivity contribution in [2.75, 3.05) is 6.61 Å². The number of halogens is 1. The number of nitrogens with zero attached hydrogens (tertiary/aromatic N) is 1. The fourth-order valence-electron chi connectivity index (χ4n) is 3.42. The SMILES string of the molecule is CCOC(=O)C1C(c2ccc(Cl)cc2)=NOC12CCCCC2. The van der Waals surface area contributed by atoms with Crippen LogP contribution in [-0.4, -0.2) is 23.9 Å². The van der Waals surface area contributed by atoms with Crippen LogP contribution in [0.3, 0.4) is 0 Å². The van der Waals surface area contributed by atoms with Gasteiger partial charge in [0.1, 0.15) is 11.6 Å². The summed E-state index contributed by atoms with van der Waals surface area (Å²) in [6, 6.07) is 7.35. The number of rotatable bonds is 3. The van der Waals surface area contributed by atoms with E-state index >= 15 is 0 Å². The molecule has 5 heteroatoms. The number of ether oxygens (including phenoxy) is 1. The fourth-order valence-corrected chi connectivity index (χ4v) is 3.54. The van der Waals surface area contributed by atoms with Gasteiger partial charge in [0.2, 0.25) is 0 Å². The topological polar surface area (TPSA) is 47.9 Å². The van der Waals surface area contributed by atoms with Crippen LogP contribution in [0, 0.1) is 5.92 Å². The van der Waals surface area contributed by atoms with Crippen molar-refractivity contribution in [3.8, 4) is 0 Å². The average Bonchev–Trinajstić information content (AvgIpc) is 2.88. The molecular formula is C17H20ClNO3. The van der Waals surface area contributed by atoms with Crippen LogP contribution in [0.4, 0.5) is 0 Å². The second-order valence-corrected chi connectivity index (χ2v) is 6.32. The molecule has 1 spiro atoms. The highest BCUT2D eigenvalue weighted by Crippen LogP contribution is 2.44. The van der Waals surface area contributed by atoms with Crippen LogP contribution >= 0.6 is 11.6 Å². The van der Waals surface area contributed by atoms with Crippen molar-refractivity contribution in [3.05, 3.63) is 34.9 Å². The molecule has 118 valence electrons. The van der Waals surface area contributed by atoms with Crippen LogP contribution in [0.15, 0.2) is 29.4 Å². The molecule has 0 N–H and O–H groups in total. The summed E-state index contributed by atoms with van der Waals surface area (Å²) < 4.78 is 5.30. The molecule has 0 bridgehead atoms. The quantitative estimate of drug-likeness (QED) is 0.792. The van der Waals surface area contributed by atoms with Gasteiger partial charge in [0.15, 0.2) is 5.60 Å². The lowest BCUT2D eigenvalue weighted by Gasteiger charge is -2.35. The molecule has 1 aromatic rings. The van der Waals surface area contributed by atoms with Crippen LogP contribution in [0.2, 0.25) is 5.02 Å². The molecule has 2 aliphatic rings. The van der Waals surface area contributed by atoms with E-state index in [1.165, 1.54) is 6.42 Å². The minimum atomic E-state index is -0.528. The van der Waals surface area contributed by atoms with Gasteiger partial charge in [0, 0.05) is 10.6 Å². The van der Waals surface area contributed by atoms with Gasteiger partial charge < -0.3 is 9.57 Å². The second-order valence-electron chi connectivity index (χ2n) is 5.89. The minimum Gasteiger partial charge on any atom is -0.465 e. The first kappa shape index (κ1) is 15.3. The zero-order valence-corrected chi connectivity index (χ0v) is 13.4. The summed E-state index contributed by atoms with van der Waals surface area (Å²) in [5.74, 6) is -0.690. The Kier molecular flexibility index (Phi) is 4.39. The van der Waals surface area contributed by atoms with Crippen LogP contribution in [-0.2, 0) is 14.4 Å². The van der Waals surface area contributed by atoms with Crippen molar-refractivity contribution in [1.82, 2.24) is 0 Å². The first-order chi connectivity index (χ1) is 10.7. The third kappa shape index (κ3) is 2.72. The monoisotopic (exact) mass is 321 g/mol. The number of hydrogen-bond acceptors (Lipinski definition) is 4. The maximum Gasteiger partial charge on any atom is 0.319 e. The Hall–Kier alpha value is -1.55. The summed E-state index contributed by atoms with van der Waals surface area (Å²) in [7, 11) is 0. The molecule has 0 radical (unpaired) electrons. The van der Waals surface area contributed by atoms with Crippen molar-refractivity contribution in [3.63, 3.8) is 0 Å². The molecule has 1 atom stereocenters. The van der Waals surface area contributed by atoms with Crippen molar-refractivity contribution >= 4 is 23.3 Å². The number of hydrogen-bond donors (Lipinski definition) is 0. The van der Waals surface area contributed by atoms with Gasteiger partial charge in [-0.25, -0.2) is 0 Å². The molecule has 0 amide bonds. The molecule has 3 rings (SSSR count). The van der Waals surface area contributed by atoms with E-state index < -0.39 is 11.5 Å². The first-order valence-corrected chi connectivity index (χ1v) is 8.23. The molecule has 1 unspecified atom stereocenters. The van der Waals surface area contributed by atoms with Crippen LogP contribution < -0.4 is 0 Å². The first-order valence-electron chi connectivity index (χ1n) is 7.85. The van der Waals surface area contributed by atoms with E-state index in [-0.39, 0.29) is 5.97 Å². The predicted octanol–water partition coefficient (Wildman–Crippen LogP) is 3.96. The van der Waals surface area contributed by atoms with Crippen molar-refractivity contribution < 1.29 is 14.4 Å². The highest BCUT2D eigenvalue weighted by Gasteiger charge is 2.54. The maximum atomic E-state index is 12.6. The molecule has 1 fully saturated rings. The van der Waals surface area contributed by atoms with Crippen molar-refractivity contribution in [2.24, 2.45) is 11.1 Å². The molecule has 22 heavy (non-hydrogen) atoms. The van der Waals surface area contributed by atoms with E-state index in [0.717, 1.165) is 31.2 Å². The molecule has 1 heterocycles. The largest absolute Gasteiger partial charge is 0.465 e. The van der Waals surface area contributed by atoms with E-state index in [0.29, 0.717) is 17.3 Å². The third-order valence-electron chi connectivity index (χ3n) is 4.49. The summed E-state index contributed by atoms with van der Waals surface area (Å²) in [5, 5.41) is 4.93.